The van der Waals surface area contributed by atoms with Crippen LogP contribution in [0.25, 0.3) is 0 Å². The first-order valence-corrected chi connectivity index (χ1v) is 16.5. The molecule has 1 heterocycles. The summed E-state index contributed by atoms with van der Waals surface area (Å²) in [7, 11) is -1.19. The molecular formula is C33H45NO4Si. The number of fused-ring (bicyclic) bond motifs is 3. The zero-order valence-electron chi connectivity index (χ0n) is 24.6. The molecule has 4 aliphatic rings. The van der Waals surface area contributed by atoms with Crippen molar-refractivity contribution in [2.75, 3.05) is 20.3 Å². The van der Waals surface area contributed by atoms with E-state index in [1.807, 2.05) is 0 Å². The summed E-state index contributed by atoms with van der Waals surface area (Å²) in [6, 6.07) is 21.5. The summed E-state index contributed by atoms with van der Waals surface area (Å²) in [6.45, 7) is 12.4. The van der Waals surface area contributed by atoms with Crippen molar-refractivity contribution < 1.29 is 18.8 Å². The molecule has 4 fully saturated rings. The maximum absolute atomic E-state index is 14.0. The van der Waals surface area contributed by atoms with Gasteiger partial charge in [0, 0.05) is 24.6 Å². The predicted molar refractivity (Wildman–Crippen MR) is 157 cm³/mol. The van der Waals surface area contributed by atoms with Crippen LogP contribution in [0.1, 0.15) is 73.1 Å². The van der Waals surface area contributed by atoms with E-state index < -0.39 is 13.7 Å². The SMILES string of the molecule is COC(=O)C12CCC(N3CC(CO[Si](c4ccccc4)(c4ccccc4)C(C)(C)C)C(C)(C)C3=O)(CC1)CC2. The molecule has 0 spiro atoms. The number of likely N-dealkylation sites (tertiary alicyclic amines) is 1. The topological polar surface area (TPSA) is 55.8 Å². The third kappa shape index (κ3) is 4.38. The number of nitrogens with zero attached hydrogens (tertiary/aromatic N) is 1. The molecule has 5 nitrogen and oxygen atoms in total. The average molecular weight is 548 g/mol. The molecule has 1 saturated heterocycles. The summed E-state index contributed by atoms with van der Waals surface area (Å²) >= 11 is 0. The van der Waals surface area contributed by atoms with E-state index in [0.717, 1.165) is 45.1 Å². The van der Waals surface area contributed by atoms with Crippen LogP contribution in [0, 0.1) is 16.7 Å². The van der Waals surface area contributed by atoms with Crippen molar-refractivity contribution in [3.05, 3.63) is 60.7 Å². The number of methoxy groups -OCH3 is 1. The second kappa shape index (κ2) is 9.88. The van der Waals surface area contributed by atoms with Crippen LogP contribution in [0.3, 0.4) is 0 Å². The maximum Gasteiger partial charge on any atom is 0.311 e. The third-order valence-electron chi connectivity index (χ3n) is 10.5. The molecule has 2 aromatic rings. The van der Waals surface area contributed by atoms with Crippen molar-refractivity contribution in [1.82, 2.24) is 4.90 Å². The molecular weight excluding hydrogens is 502 g/mol. The molecule has 2 aromatic carbocycles. The van der Waals surface area contributed by atoms with Gasteiger partial charge in [0.25, 0.3) is 8.32 Å². The smallest absolute Gasteiger partial charge is 0.311 e. The van der Waals surface area contributed by atoms with Gasteiger partial charge in [0.1, 0.15) is 0 Å². The van der Waals surface area contributed by atoms with E-state index in [1.54, 1.807) is 0 Å². The van der Waals surface area contributed by atoms with Crippen LogP contribution in [0.15, 0.2) is 60.7 Å². The van der Waals surface area contributed by atoms with Gasteiger partial charge in [0.2, 0.25) is 5.91 Å². The maximum atomic E-state index is 14.0. The lowest BCUT2D eigenvalue weighted by molar-refractivity contribution is -0.166. The highest BCUT2D eigenvalue weighted by Crippen LogP contribution is 2.57. The van der Waals surface area contributed by atoms with Gasteiger partial charge in [-0.2, -0.15) is 0 Å². The first kappa shape index (κ1) is 28.1. The molecule has 6 heteroatoms. The fourth-order valence-electron chi connectivity index (χ4n) is 7.80. The number of amides is 1. The number of hydrogen-bond donors (Lipinski definition) is 0. The quantitative estimate of drug-likeness (QED) is 0.348. The number of carbonyl (C=O) groups is 2. The minimum Gasteiger partial charge on any atom is -0.469 e. The number of benzene rings is 2. The molecule has 1 unspecified atom stereocenters. The highest BCUT2D eigenvalue weighted by atomic mass is 28.4. The number of hydrogen-bond acceptors (Lipinski definition) is 4. The molecule has 6 rings (SSSR count). The Morgan fingerprint density at radius 3 is 1.82 bits per heavy atom. The molecule has 3 saturated carbocycles. The van der Waals surface area contributed by atoms with E-state index in [9.17, 15) is 9.59 Å². The Bertz CT molecular complexity index is 1140. The van der Waals surface area contributed by atoms with Gasteiger partial charge in [-0.05, 0) is 53.9 Å². The molecule has 210 valence electrons. The van der Waals surface area contributed by atoms with Crippen LogP contribution >= 0.6 is 0 Å². The van der Waals surface area contributed by atoms with Gasteiger partial charge in [-0.3, -0.25) is 9.59 Å². The van der Waals surface area contributed by atoms with Gasteiger partial charge < -0.3 is 14.1 Å². The highest BCUT2D eigenvalue weighted by Gasteiger charge is 2.61. The van der Waals surface area contributed by atoms with Crippen LogP contribution in [0.4, 0.5) is 0 Å². The molecule has 3 aliphatic carbocycles. The molecule has 2 bridgehead atoms. The molecule has 0 N–H and O–H groups in total. The van der Waals surface area contributed by atoms with Crippen molar-refractivity contribution in [2.24, 2.45) is 16.7 Å². The fourth-order valence-corrected chi connectivity index (χ4v) is 12.4. The Morgan fingerprint density at radius 2 is 1.38 bits per heavy atom. The summed E-state index contributed by atoms with van der Waals surface area (Å²) in [4.78, 5) is 28.8. The second-order valence-corrected chi connectivity index (χ2v) is 18.1. The lowest BCUT2D eigenvalue weighted by Crippen LogP contribution is -2.67. The molecule has 0 radical (unpaired) electrons. The minimum absolute atomic E-state index is 0.0690. The van der Waals surface area contributed by atoms with Crippen molar-refractivity contribution in [2.45, 2.75) is 83.7 Å². The van der Waals surface area contributed by atoms with Crippen molar-refractivity contribution in [3.63, 3.8) is 0 Å². The van der Waals surface area contributed by atoms with E-state index in [2.05, 4.69) is 100 Å². The van der Waals surface area contributed by atoms with E-state index in [4.69, 9.17) is 9.16 Å². The summed E-state index contributed by atoms with van der Waals surface area (Å²) in [5.41, 5.74) is -0.995. The molecule has 0 aromatic heterocycles. The lowest BCUT2D eigenvalue weighted by Gasteiger charge is -2.55. The van der Waals surface area contributed by atoms with Crippen LogP contribution < -0.4 is 10.4 Å². The number of esters is 1. The first-order valence-electron chi connectivity index (χ1n) is 14.6. The largest absolute Gasteiger partial charge is 0.469 e. The molecule has 39 heavy (non-hydrogen) atoms. The van der Waals surface area contributed by atoms with E-state index in [1.165, 1.54) is 17.5 Å². The van der Waals surface area contributed by atoms with E-state index in [-0.39, 0.29) is 33.8 Å². The van der Waals surface area contributed by atoms with Gasteiger partial charge in [-0.15, -0.1) is 0 Å². The highest BCUT2D eigenvalue weighted by molar-refractivity contribution is 6.99. The van der Waals surface area contributed by atoms with Gasteiger partial charge in [0.15, 0.2) is 0 Å². The van der Waals surface area contributed by atoms with Crippen LogP contribution in [0.2, 0.25) is 5.04 Å². The Morgan fingerprint density at radius 1 is 0.897 bits per heavy atom. The lowest BCUT2D eigenvalue weighted by atomic mass is 9.56. The van der Waals surface area contributed by atoms with Crippen LogP contribution in [-0.4, -0.2) is 50.9 Å². The summed E-state index contributed by atoms with van der Waals surface area (Å²) < 4.78 is 12.5. The Hall–Kier alpha value is -2.44. The monoisotopic (exact) mass is 547 g/mol. The summed E-state index contributed by atoms with van der Waals surface area (Å²) in [6.07, 6.45) is 5.08. The van der Waals surface area contributed by atoms with E-state index >= 15 is 0 Å². The fraction of sp³-hybridized carbons (Fsp3) is 0.576. The standard InChI is InChI=1S/C33H45NO4Si/c1-30(2,3)39(26-13-9-7-10-14-26,27-15-11-8-12-16-27)38-24-25-23-34(28(35)31(25,4)5)33-20-17-32(18-21-33,19-22-33)29(36)37-6/h7-16,25H,17-24H2,1-6H3. The zero-order chi connectivity index (χ0) is 28.1. The zero-order valence-corrected chi connectivity index (χ0v) is 25.6. The Kier molecular flexibility index (Phi) is 7.12. The van der Waals surface area contributed by atoms with E-state index in [0.29, 0.717) is 6.61 Å². The average Bonchev–Trinajstić information content (AvgIpc) is 3.18. The van der Waals surface area contributed by atoms with Gasteiger partial charge in [0.05, 0.1) is 17.9 Å². The van der Waals surface area contributed by atoms with Crippen LogP contribution in [0.5, 0.6) is 0 Å². The van der Waals surface area contributed by atoms with Gasteiger partial charge >= 0.3 is 5.97 Å². The van der Waals surface area contributed by atoms with Crippen LogP contribution in [-0.2, 0) is 18.8 Å². The molecule has 1 aliphatic heterocycles. The second-order valence-electron chi connectivity index (χ2n) is 13.8. The third-order valence-corrected chi connectivity index (χ3v) is 15.5. The Balaban J connectivity index is 1.43. The van der Waals surface area contributed by atoms with Gasteiger partial charge in [-0.25, -0.2) is 0 Å². The van der Waals surface area contributed by atoms with Crippen molar-refractivity contribution in [1.29, 1.82) is 0 Å². The summed E-state index contributed by atoms with van der Waals surface area (Å²) in [5.74, 6) is 0.265. The Labute approximate surface area is 235 Å². The van der Waals surface area contributed by atoms with Gasteiger partial charge in [-0.1, -0.05) is 95.3 Å². The summed E-state index contributed by atoms with van der Waals surface area (Å²) in [5, 5.41) is 2.42. The number of rotatable bonds is 7. The normalized spacial score (nSPS) is 28.5. The molecule has 1 amide bonds. The van der Waals surface area contributed by atoms with Crippen molar-refractivity contribution >= 4 is 30.6 Å². The van der Waals surface area contributed by atoms with Crippen molar-refractivity contribution in [3.8, 4) is 0 Å². The predicted octanol–water partition coefficient (Wildman–Crippen LogP) is 5.31. The number of ether oxygens (including phenoxy) is 1. The number of carbonyl (C=O) groups excluding carboxylic acids is 2. The minimum atomic E-state index is -2.69. The first-order chi connectivity index (χ1) is 18.4. The molecule has 1 atom stereocenters.